The fraction of sp³-hybridized carbons (Fsp3) is 0.250. The number of nitrogens with zero attached hydrogens (tertiary/aromatic N) is 2. The second-order valence-electron chi connectivity index (χ2n) is 4.15. The Hall–Kier alpha value is -2.57. The Labute approximate surface area is 107 Å². The van der Waals surface area contributed by atoms with Crippen LogP contribution >= 0.6 is 0 Å². The summed E-state index contributed by atoms with van der Waals surface area (Å²) in [4.78, 5) is 36.0. The van der Waals surface area contributed by atoms with E-state index in [4.69, 9.17) is 5.73 Å². The number of aryl methyl sites for hydroxylation is 2. The molecule has 0 aliphatic heterocycles. The van der Waals surface area contributed by atoms with Crippen molar-refractivity contribution in [3.05, 3.63) is 61.8 Å². The van der Waals surface area contributed by atoms with Crippen molar-refractivity contribution in [1.82, 2.24) is 14.1 Å². The van der Waals surface area contributed by atoms with Crippen molar-refractivity contribution in [2.45, 2.75) is 19.5 Å². The molecular formula is C12H14N4O3. The van der Waals surface area contributed by atoms with Gasteiger partial charge in [-0.2, -0.15) is 0 Å². The molecule has 2 rings (SSSR count). The summed E-state index contributed by atoms with van der Waals surface area (Å²) in [5, 5.41) is 0. The molecule has 2 heterocycles. The van der Waals surface area contributed by atoms with Crippen LogP contribution in [-0.4, -0.2) is 14.1 Å². The molecule has 0 amide bonds. The van der Waals surface area contributed by atoms with E-state index in [0.717, 1.165) is 0 Å². The second-order valence-corrected chi connectivity index (χ2v) is 4.15. The number of aromatic amines is 1. The summed E-state index contributed by atoms with van der Waals surface area (Å²) in [7, 11) is 0. The van der Waals surface area contributed by atoms with Crippen LogP contribution in [0.25, 0.3) is 0 Å². The molecule has 0 fully saturated rings. The van der Waals surface area contributed by atoms with Crippen molar-refractivity contribution in [2.24, 2.45) is 0 Å². The van der Waals surface area contributed by atoms with Gasteiger partial charge in [0, 0.05) is 43.3 Å². The lowest BCUT2D eigenvalue weighted by molar-refractivity contribution is 0.536. The Kier molecular flexibility index (Phi) is 3.65. The predicted octanol–water partition coefficient (Wildman–Crippen LogP) is -0.629. The minimum Gasteiger partial charge on any atom is -0.398 e. The summed E-state index contributed by atoms with van der Waals surface area (Å²) in [6.07, 6.45) is 3.58. The molecule has 100 valence electrons. The maximum absolute atomic E-state index is 11.5. The highest BCUT2D eigenvalue weighted by Crippen LogP contribution is 1.97. The van der Waals surface area contributed by atoms with Gasteiger partial charge in [0.1, 0.15) is 0 Å². The molecule has 7 nitrogen and oxygen atoms in total. The van der Waals surface area contributed by atoms with Crippen LogP contribution in [0.3, 0.4) is 0 Å². The lowest BCUT2D eigenvalue weighted by Crippen LogP contribution is -2.29. The van der Waals surface area contributed by atoms with E-state index in [1.165, 1.54) is 27.5 Å². The Balaban J connectivity index is 2.04. The van der Waals surface area contributed by atoms with Crippen LogP contribution in [0, 0.1) is 0 Å². The molecule has 0 saturated carbocycles. The van der Waals surface area contributed by atoms with Crippen LogP contribution in [0.2, 0.25) is 0 Å². The number of nitrogens with two attached hydrogens (primary N) is 1. The SMILES string of the molecule is Nc1ccc(=O)n(CCCn2ccc(=O)[nH]c2=O)c1. The smallest absolute Gasteiger partial charge is 0.328 e. The van der Waals surface area contributed by atoms with E-state index in [0.29, 0.717) is 25.2 Å². The normalized spacial score (nSPS) is 10.5. The number of rotatable bonds is 4. The highest BCUT2D eigenvalue weighted by Gasteiger charge is 1.99. The van der Waals surface area contributed by atoms with Crippen molar-refractivity contribution < 1.29 is 0 Å². The van der Waals surface area contributed by atoms with Crippen molar-refractivity contribution in [1.29, 1.82) is 0 Å². The van der Waals surface area contributed by atoms with Crippen molar-refractivity contribution in [2.75, 3.05) is 5.73 Å². The summed E-state index contributed by atoms with van der Waals surface area (Å²) in [5.41, 5.74) is 5.10. The van der Waals surface area contributed by atoms with E-state index in [1.807, 2.05) is 0 Å². The zero-order chi connectivity index (χ0) is 13.8. The summed E-state index contributed by atoms with van der Waals surface area (Å²) < 4.78 is 2.88. The first-order valence-electron chi connectivity index (χ1n) is 5.82. The molecule has 0 aromatic carbocycles. The fourth-order valence-electron chi connectivity index (χ4n) is 1.76. The first kappa shape index (κ1) is 12.9. The topological polar surface area (TPSA) is 103 Å². The van der Waals surface area contributed by atoms with Gasteiger partial charge in [-0.15, -0.1) is 0 Å². The van der Waals surface area contributed by atoms with E-state index in [9.17, 15) is 14.4 Å². The monoisotopic (exact) mass is 262 g/mol. The molecule has 3 N–H and O–H groups in total. The third-order valence-corrected chi connectivity index (χ3v) is 2.70. The number of H-pyrrole nitrogens is 1. The fourth-order valence-corrected chi connectivity index (χ4v) is 1.76. The van der Waals surface area contributed by atoms with Gasteiger partial charge in [-0.3, -0.25) is 14.6 Å². The summed E-state index contributed by atoms with van der Waals surface area (Å²) in [6.45, 7) is 0.867. The van der Waals surface area contributed by atoms with Crippen molar-refractivity contribution in [3.63, 3.8) is 0 Å². The second kappa shape index (κ2) is 5.38. The maximum atomic E-state index is 11.5. The van der Waals surface area contributed by atoms with E-state index in [2.05, 4.69) is 4.98 Å². The van der Waals surface area contributed by atoms with E-state index >= 15 is 0 Å². The number of anilines is 1. The molecule has 0 spiro atoms. The molecule has 0 radical (unpaired) electrons. The van der Waals surface area contributed by atoms with Gasteiger partial charge in [0.2, 0.25) is 0 Å². The van der Waals surface area contributed by atoms with Crippen LogP contribution in [0.1, 0.15) is 6.42 Å². The van der Waals surface area contributed by atoms with Crippen molar-refractivity contribution >= 4 is 5.69 Å². The van der Waals surface area contributed by atoms with E-state index < -0.39 is 11.2 Å². The summed E-state index contributed by atoms with van der Waals surface area (Å²) in [6, 6.07) is 4.24. The Morgan fingerprint density at radius 2 is 1.79 bits per heavy atom. The zero-order valence-corrected chi connectivity index (χ0v) is 10.2. The quantitative estimate of drug-likeness (QED) is 0.765. The van der Waals surface area contributed by atoms with Crippen LogP contribution in [-0.2, 0) is 13.1 Å². The van der Waals surface area contributed by atoms with Gasteiger partial charge in [-0.1, -0.05) is 0 Å². The Bertz CT molecular complexity index is 741. The van der Waals surface area contributed by atoms with E-state index in [1.54, 1.807) is 12.3 Å². The number of nitrogens with one attached hydrogen (secondary N) is 1. The minimum absolute atomic E-state index is 0.136. The van der Waals surface area contributed by atoms with Gasteiger partial charge in [-0.25, -0.2) is 4.79 Å². The number of nitrogen functional groups attached to an aromatic ring is 1. The Morgan fingerprint density at radius 1 is 1.05 bits per heavy atom. The zero-order valence-electron chi connectivity index (χ0n) is 10.2. The highest BCUT2D eigenvalue weighted by atomic mass is 16.2. The maximum Gasteiger partial charge on any atom is 0.328 e. The van der Waals surface area contributed by atoms with Gasteiger partial charge in [0.25, 0.3) is 11.1 Å². The average Bonchev–Trinajstić information content (AvgIpc) is 2.36. The molecule has 19 heavy (non-hydrogen) atoms. The minimum atomic E-state index is -0.451. The first-order valence-corrected chi connectivity index (χ1v) is 5.82. The molecule has 0 atom stereocenters. The van der Waals surface area contributed by atoms with Crippen LogP contribution in [0.4, 0.5) is 5.69 Å². The molecule has 0 aliphatic carbocycles. The average molecular weight is 262 g/mol. The van der Waals surface area contributed by atoms with Crippen molar-refractivity contribution in [3.8, 4) is 0 Å². The standard InChI is InChI=1S/C12H14N4O3/c13-9-2-3-11(18)16(8-9)6-1-5-15-7-4-10(17)14-12(15)19/h2-4,7-8H,1,5-6,13H2,(H,14,17,19). The largest absolute Gasteiger partial charge is 0.398 e. The molecule has 7 heteroatoms. The lowest BCUT2D eigenvalue weighted by atomic mass is 10.3. The van der Waals surface area contributed by atoms with Gasteiger partial charge < -0.3 is 14.9 Å². The first-order chi connectivity index (χ1) is 9.06. The predicted molar refractivity (Wildman–Crippen MR) is 71.1 cm³/mol. The summed E-state index contributed by atoms with van der Waals surface area (Å²) >= 11 is 0. The molecular weight excluding hydrogens is 248 g/mol. The van der Waals surface area contributed by atoms with Gasteiger partial charge in [0.15, 0.2) is 0 Å². The number of hydrogen-bond acceptors (Lipinski definition) is 4. The lowest BCUT2D eigenvalue weighted by Gasteiger charge is -2.07. The highest BCUT2D eigenvalue weighted by molar-refractivity contribution is 5.33. The van der Waals surface area contributed by atoms with Crippen LogP contribution in [0.5, 0.6) is 0 Å². The van der Waals surface area contributed by atoms with Crippen LogP contribution < -0.4 is 22.5 Å². The number of pyridine rings is 1. The molecule has 0 unspecified atom stereocenters. The van der Waals surface area contributed by atoms with Crippen LogP contribution in [0.15, 0.2) is 45.0 Å². The summed E-state index contributed by atoms with van der Waals surface area (Å²) in [5.74, 6) is 0. The van der Waals surface area contributed by atoms with Gasteiger partial charge >= 0.3 is 5.69 Å². The number of hydrogen-bond donors (Lipinski definition) is 2. The van der Waals surface area contributed by atoms with E-state index in [-0.39, 0.29) is 5.56 Å². The molecule has 0 aliphatic rings. The third-order valence-electron chi connectivity index (χ3n) is 2.70. The van der Waals surface area contributed by atoms with Gasteiger partial charge in [-0.05, 0) is 12.5 Å². The molecule has 0 saturated heterocycles. The molecule has 2 aromatic heterocycles. The van der Waals surface area contributed by atoms with Gasteiger partial charge in [0.05, 0.1) is 0 Å². The number of aromatic nitrogens is 3. The Morgan fingerprint density at radius 3 is 2.53 bits per heavy atom. The molecule has 2 aromatic rings. The molecule has 0 bridgehead atoms. The third kappa shape index (κ3) is 3.21.